The zero-order valence-corrected chi connectivity index (χ0v) is 16.8. The Balaban J connectivity index is 1.65. The van der Waals surface area contributed by atoms with Crippen molar-refractivity contribution in [2.75, 3.05) is 7.05 Å². The number of aromatic nitrogens is 2. The summed E-state index contributed by atoms with van der Waals surface area (Å²) in [7, 11) is 1.74. The van der Waals surface area contributed by atoms with Gasteiger partial charge in [-0.1, -0.05) is 28.1 Å². The highest BCUT2D eigenvalue weighted by Gasteiger charge is 2.28. The van der Waals surface area contributed by atoms with Crippen LogP contribution in [0.3, 0.4) is 0 Å². The maximum Gasteiger partial charge on any atom is 0.274 e. The number of amides is 1. The molecule has 28 heavy (non-hydrogen) atoms. The Morgan fingerprint density at radius 1 is 1.14 bits per heavy atom. The van der Waals surface area contributed by atoms with Crippen molar-refractivity contribution in [1.29, 1.82) is 0 Å². The smallest absolute Gasteiger partial charge is 0.274 e. The Bertz CT molecular complexity index is 1050. The average molecular weight is 446 g/mol. The van der Waals surface area contributed by atoms with E-state index in [9.17, 15) is 13.6 Å². The number of rotatable bonds is 4. The molecule has 0 atom stereocenters. The van der Waals surface area contributed by atoms with E-state index in [0.29, 0.717) is 17.9 Å². The Morgan fingerprint density at radius 3 is 2.61 bits per heavy atom. The van der Waals surface area contributed by atoms with E-state index < -0.39 is 11.6 Å². The molecule has 0 unspecified atom stereocenters. The standard InChI is InChI=1S/C21H18BrF2N3O/c1-26(12-13-5-7-14(22)8-6-13)21(28)20-16-3-2-4-19(16)27(25-20)15-9-10-17(23)18(24)11-15/h5-11H,2-4,12H2,1H3. The largest absolute Gasteiger partial charge is 0.336 e. The van der Waals surface area contributed by atoms with E-state index in [-0.39, 0.29) is 5.91 Å². The minimum atomic E-state index is -0.931. The summed E-state index contributed by atoms with van der Waals surface area (Å²) in [5.41, 5.74) is 3.61. The van der Waals surface area contributed by atoms with Crippen LogP contribution in [0.4, 0.5) is 8.78 Å². The lowest BCUT2D eigenvalue weighted by Crippen LogP contribution is -2.27. The predicted molar refractivity (Wildman–Crippen MR) is 105 cm³/mol. The van der Waals surface area contributed by atoms with Crippen LogP contribution in [0.2, 0.25) is 0 Å². The Labute approximate surface area is 169 Å². The van der Waals surface area contributed by atoms with E-state index in [2.05, 4.69) is 21.0 Å². The highest BCUT2D eigenvalue weighted by atomic mass is 79.9. The first-order valence-corrected chi connectivity index (χ1v) is 9.79. The Kier molecular flexibility index (Phi) is 5.02. The molecule has 1 heterocycles. The number of hydrogen-bond donors (Lipinski definition) is 0. The fraction of sp³-hybridized carbons (Fsp3) is 0.238. The molecule has 2 aromatic carbocycles. The number of carbonyl (C=O) groups excluding carboxylic acids is 1. The summed E-state index contributed by atoms with van der Waals surface area (Å²) in [5, 5.41) is 4.48. The molecule has 1 aliphatic rings. The quantitative estimate of drug-likeness (QED) is 0.584. The molecule has 4 nitrogen and oxygen atoms in total. The van der Waals surface area contributed by atoms with Crippen molar-refractivity contribution in [3.63, 3.8) is 0 Å². The zero-order valence-electron chi connectivity index (χ0n) is 15.3. The van der Waals surface area contributed by atoms with Crippen molar-refractivity contribution in [2.45, 2.75) is 25.8 Å². The lowest BCUT2D eigenvalue weighted by molar-refractivity contribution is 0.0777. The Morgan fingerprint density at radius 2 is 1.89 bits per heavy atom. The second-order valence-corrected chi connectivity index (χ2v) is 7.84. The van der Waals surface area contributed by atoms with Crippen LogP contribution in [0.1, 0.15) is 33.7 Å². The van der Waals surface area contributed by atoms with Gasteiger partial charge in [0.05, 0.1) is 5.69 Å². The minimum Gasteiger partial charge on any atom is -0.336 e. The predicted octanol–water partition coefficient (Wildman–Crippen LogP) is 4.67. The monoisotopic (exact) mass is 445 g/mol. The highest BCUT2D eigenvalue weighted by Crippen LogP contribution is 2.29. The van der Waals surface area contributed by atoms with Gasteiger partial charge >= 0.3 is 0 Å². The molecule has 0 aliphatic heterocycles. The van der Waals surface area contributed by atoms with E-state index >= 15 is 0 Å². The van der Waals surface area contributed by atoms with Gasteiger partial charge in [-0.3, -0.25) is 4.79 Å². The number of hydrogen-bond acceptors (Lipinski definition) is 2. The average Bonchev–Trinajstić information content (AvgIpc) is 3.28. The number of nitrogens with zero attached hydrogens (tertiary/aromatic N) is 3. The maximum atomic E-state index is 13.7. The van der Waals surface area contributed by atoms with E-state index in [0.717, 1.165) is 52.7 Å². The molecule has 0 fully saturated rings. The summed E-state index contributed by atoms with van der Waals surface area (Å²) in [6.45, 7) is 0.457. The molecular formula is C21H18BrF2N3O. The Hall–Kier alpha value is -2.54. The first-order valence-electron chi connectivity index (χ1n) is 9.00. The third kappa shape index (κ3) is 3.46. The van der Waals surface area contributed by atoms with Crippen molar-refractivity contribution in [1.82, 2.24) is 14.7 Å². The van der Waals surface area contributed by atoms with Crippen LogP contribution in [-0.4, -0.2) is 27.6 Å². The molecule has 1 aromatic heterocycles. The second-order valence-electron chi connectivity index (χ2n) is 6.93. The summed E-state index contributed by atoms with van der Waals surface area (Å²) in [5.74, 6) is -2.01. The fourth-order valence-corrected chi connectivity index (χ4v) is 3.82. The van der Waals surface area contributed by atoms with Gasteiger partial charge in [-0.25, -0.2) is 13.5 Å². The van der Waals surface area contributed by atoms with Crippen molar-refractivity contribution >= 4 is 21.8 Å². The van der Waals surface area contributed by atoms with Gasteiger partial charge in [0.15, 0.2) is 17.3 Å². The number of fused-ring (bicyclic) bond motifs is 1. The molecular weight excluding hydrogens is 428 g/mol. The summed E-state index contributed by atoms with van der Waals surface area (Å²) < 4.78 is 29.5. The SMILES string of the molecule is CN(Cc1ccc(Br)cc1)C(=O)c1nn(-c2ccc(F)c(F)c2)c2c1CCC2. The van der Waals surface area contributed by atoms with E-state index in [1.165, 1.54) is 6.07 Å². The summed E-state index contributed by atoms with van der Waals surface area (Å²) in [4.78, 5) is 14.7. The van der Waals surface area contributed by atoms with E-state index in [1.54, 1.807) is 16.6 Å². The zero-order chi connectivity index (χ0) is 19.8. The van der Waals surface area contributed by atoms with Gasteiger partial charge < -0.3 is 4.90 Å². The lowest BCUT2D eigenvalue weighted by Gasteiger charge is -2.16. The van der Waals surface area contributed by atoms with Gasteiger partial charge in [0.25, 0.3) is 5.91 Å². The van der Waals surface area contributed by atoms with Crippen molar-refractivity contribution < 1.29 is 13.6 Å². The molecule has 4 rings (SSSR count). The topological polar surface area (TPSA) is 38.1 Å². The van der Waals surface area contributed by atoms with Crippen LogP contribution in [-0.2, 0) is 19.4 Å². The van der Waals surface area contributed by atoms with E-state index in [1.807, 2.05) is 24.3 Å². The summed E-state index contributed by atoms with van der Waals surface area (Å²) in [6.07, 6.45) is 2.42. The first-order chi connectivity index (χ1) is 13.4. The molecule has 144 valence electrons. The first kappa shape index (κ1) is 18.8. The van der Waals surface area contributed by atoms with Crippen LogP contribution >= 0.6 is 15.9 Å². The van der Waals surface area contributed by atoms with Gasteiger partial charge in [0, 0.05) is 35.4 Å². The van der Waals surface area contributed by atoms with Crippen LogP contribution in [0.15, 0.2) is 46.9 Å². The molecule has 0 radical (unpaired) electrons. The molecule has 0 saturated carbocycles. The lowest BCUT2D eigenvalue weighted by atomic mass is 10.1. The molecule has 1 aliphatic carbocycles. The van der Waals surface area contributed by atoms with Gasteiger partial charge in [0.1, 0.15) is 0 Å². The number of halogens is 3. The summed E-state index contributed by atoms with van der Waals surface area (Å²) in [6, 6.07) is 11.4. The maximum absolute atomic E-state index is 13.7. The van der Waals surface area contributed by atoms with Gasteiger partial charge in [-0.15, -0.1) is 0 Å². The van der Waals surface area contributed by atoms with Gasteiger partial charge in [0.2, 0.25) is 0 Å². The number of benzene rings is 2. The molecule has 0 spiro atoms. The highest BCUT2D eigenvalue weighted by molar-refractivity contribution is 9.10. The molecule has 0 N–H and O–H groups in total. The number of carbonyl (C=O) groups is 1. The van der Waals surface area contributed by atoms with Crippen LogP contribution < -0.4 is 0 Å². The second kappa shape index (κ2) is 7.47. The van der Waals surface area contributed by atoms with Gasteiger partial charge in [-0.05, 0) is 49.1 Å². The van der Waals surface area contributed by atoms with Gasteiger partial charge in [-0.2, -0.15) is 5.10 Å². The van der Waals surface area contributed by atoms with Crippen LogP contribution in [0, 0.1) is 11.6 Å². The third-order valence-corrected chi connectivity index (χ3v) is 5.49. The normalized spacial score (nSPS) is 12.9. The molecule has 0 saturated heterocycles. The van der Waals surface area contributed by atoms with Crippen molar-refractivity contribution in [3.8, 4) is 5.69 Å². The summed E-state index contributed by atoms with van der Waals surface area (Å²) >= 11 is 3.40. The molecule has 7 heteroatoms. The molecule has 0 bridgehead atoms. The molecule has 3 aromatic rings. The van der Waals surface area contributed by atoms with E-state index in [4.69, 9.17) is 0 Å². The fourth-order valence-electron chi connectivity index (χ4n) is 3.56. The van der Waals surface area contributed by atoms with Crippen molar-refractivity contribution in [3.05, 3.63) is 81.1 Å². The van der Waals surface area contributed by atoms with Crippen molar-refractivity contribution in [2.24, 2.45) is 0 Å². The molecule has 1 amide bonds. The van der Waals surface area contributed by atoms with Crippen LogP contribution in [0.5, 0.6) is 0 Å². The van der Waals surface area contributed by atoms with Crippen LogP contribution in [0.25, 0.3) is 5.69 Å². The third-order valence-electron chi connectivity index (χ3n) is 4.96. The minimum absolute atomic E-state index is 0.178.